The summed E-state index contributed by atoms with van der Waals surface area (Å²) >= 11 is 1.45. The third-order valence-corrected chi connectivity index (χ3v) is 3.95. The van der Waals surface area contributed by atoms with Crippen molar-refractivity contribution < 1.29 is 4.79 Å². The normalized spacial score (nSPS) is 17.9. The van der Waals surface area contributed by atoms with Gasteiger partial charge in [0, 0.05) is 13.1 Å². The second-order valence-corrected chi connectivity index (χ2v) is 5.18. The number of carbonyl (C=O) groups is 1. The number of likely N-dealkylation sites (tertiary alicyclic amines) is 1. The maximum atomic E-state index is 12.2. The van der Waals surface area contributed by atoms with E-state index in [1.54, 1.807) is 0 Å². The summed E-state index contributed by atoms with van der Waals surface area (Å²) in [6.07, 6.45) is 6.03. The summed E-state index contributed by atoms with van der Waals surface area (Å²) in [5, 5.41) is 1.88. The van der Waals surface area contributed by atoms with Gasteiger partial charge in [0.1, 0.15) is 4.88 Å². The van der Waals surface area contributed by atoms with Gasteiger partial charge in [0.2, 0.25) is 0 Å². The summed E-state index contributed by atoms with van der Waals surface area (Å²) < 4.78 is 0. The Morgan fingerprint density at radius 1 is 1.19 bits per heavy atom. The molecule has 1 aliphatic heterocycles. The molecule has 1 aliphatic rings. The smallest absolute Gasteiger partial charge is 0.266 e. The quantitative estimate of drug-likeness (QED) is 0.817. The molecule has 0 radical (unpaired) electrons. The lowest BCUT2D eigenvalue weighted by Crippen LogP contribution is -2.33. The van der Waals surface area contributed by atoms with E-state index in [0.29, 0.717) is 10.6 Å². The molecule has 0 spiro atoms. The number of amides is 1. The number of carbonyl (C=O) groups excluding carboxylic acids is 1. The molecule has 16 heavy (non-hydrogen) atoms. The van der Waals surface area contributed by atoms with E-state index in [4.69, 9.17) is 5.73 Å². The number of thiophene rings is 1. The van der Waals surface area contributed by atoms with E-state index >= 15 is 0 Å². The Balaban J connectivity index is 2.05. The molecule has 1 aromatic rings. The van der Waals surface area contributed by atoms with Crippen molar-refractivity contribution in [3.63, 3.8) is 0 Å². The van der Waals surface area contributed by atoms with Crippen LogP contribution in [-0.4, -0.2) is 23.9 Å². The lowest BCUT2D eigenvalue weighted by atomic mass is 10.1. The number of anilines is 1. The summed E-state index contributed by atoms with van der Waals surface area (Å²) in [5.41, 5.74) is 6.40. The standard InChI is InChI=1S/C12H18N2OS/c13-10-6-9-16-11(10)12(15)14-7-4-2-1-3-5-8-14/h6,9H,1-5,7-8,13H2. The van der Waals surface area contributed by atoms with Crippen LogP contribution in [-0.2, 0) is 0 Å². The zero-order valence-electron chi connectivity index (χ0n) is 9.45. The van der Waals surface area contributed by atoms with Gasteiger partial charge in [-0.25, -0.2) is 0 Å². The molecule has 2 N–H and O–H groups in total. The Hall–Kier alpha value is -1.03. The zero-order valence-corrected chi connectivity index (χ0v) is 10.3. The second kappa shape index (κ2) is 5.34. The first-order chi connectivity index (χ1) is 7.79. The van der Waals surface area contributed by atoms with Crippen LogP contribution in [0.4, 0.5) is 5.69 Å². The molecule has 0 bridgehead atoms. The monoisotopic (exact) mass is 238 g/mol. The van der Waals surface area contributed by atoms with Crippen LogP contribution in [0.5, 0.6) is 0 Å². The molecular formula is C12H18N2OS. The van der Waals surface area contributed by atoms with Gasteiger partial charge in [-0.05, 0) is 24.3 Å². The van der Waals surface area contributed by atoms with E-state index in [-0.39, 0.29) is 5.91 Å². The van der Waals surface area contributed by atoms with Crippen molar-refractivity contribution in [1.82, 2.24) is 4.90 Å². The predicted molar refractivity (Wildman–Crippen MR) is 67.7 cm³/mol. The maximum Gasteiger partial charge on any atom is 0.266 e. The summed E-state index contributed by atoms with van der Waals surface area (Å²) in [5.74, 6) is 0.120. The van der Waals surface area contributed by atoms with E-state index < -0.39 is 0 Å². The van der Waals surface area contributed by atoms with E-state index in [0.717, 1.165) is 25.9 Å². The second-order valence-electron chi connectivity index (χ2n) is 4.27. The number of hydrogen-bond donors (Lipinski definition) is 1. The van der Waals surface area contributed by atoms with Crippen molar-refractivity contribution in [2.75, 3.05) is 18.8 Å². The average Bonchev–Trinajstić information content (AvgIpc) is 2.63. The molecular weight excluding hydrogens is 220 g/mol. The third-order valence-electron chi connectivity index (χ3n) is 3.03. The molecule has 4 heteroatoms. The molecule has 1 aromatic heterocycles. The first kappa shape index (κ1) is 11.5. The first-order valence-corrected chi connectivity index (χ1v) is 6.79. The molecule has 0 unspecified atom stereocenters. The van der Waals surface area contributed by atoms with Gasteiger partial charge in [-0.2, -0.15) is 0 Å². The molecule has 3 nitrogen and oxygen atoms in total. The van der Waals surface area contributed by atoms with Crippen LogP contribution in [0.15, 0.2) is 11.4 Å². The Morgan fingerprint density at radius 3 is 2.38 bits per heavy atom. The zero-order chi connectivity index (χ0) is 11.4. The van der Waals surface area contributed by atoms with Gasteiger partial charge in [-0.3, -0.25) is 4.79 Å². The van der Waals surface area contributed by atoms with Gasteiger partial charge in [-0.15, -0.1) is 11.3 Å². The van der Waals surface area contributed by atoms with Crippen molar-refractivity contribution in [3.05, 3.63) is 16.3 Å². The maximum absolute atomic E-state index is 12.2. The highest BCUT2D eigenvalue weighted by atomic mass is 32.1. The van der Waals surface area contributed by atoms with E-state index in [9.17, 15) is 4.79 Å². The van der Waals surface area contributed by atoms with Crippen molar-refractivity contribution in [3.8, 4) is 0 Å². The van der Waals surface area contributed by atoms with Gasteiger partial charge >= 0.3 is 0 Å². The molecule has 0 aromatic carbocycles. The fourth-order valence-electron chi connectivity index (χ4n) is 2.09. The van der Waals surface area contributed by atoms with Crippen LogP contribution < -0.4 is 5.73 Å². The number of hydrogen-bond acceptors (Lipinski definition) is 3. The molecule has 2 heterocycles. The number of rotatable bonds is 1. The van der Waals surface area contributed by atoms with Crippen LogP contribution in [0.3, 0.4) is 0 Å². The lowest BCUT2D eigenvalue weighted by molar-refractivity contribution is 0.0748. The molecule has 0 aliphatic carbocycles. The van der Waals surface area contributed by atoms with Crippen molar-refractivity contribution >= 4 is 22.9 Å². The predicted octanol–water partition coefficient (Wildman–Crippen LogP) is 2.74. The van der Waals surface area contributed by atoms with Crippen LogP contribution in [0.2, 0.25) is 0 Å². The van der Waals surface area contributed by atoms with Gasteiger partial charge < -0.3 is 10.6 Å². The van der Waals surface area contributed by atoms with E-state index in [1.807, 2.05) is 16.3 Å². The molecule has 2 rings (SSSR count). The first-order valence-electron chi connectivity index (χ1n) is 5.91. The number of nitrogens with zero attached hydrogens (tertiary/aromatic N) is 1. The summed E-state index contributed by atoms with van der Waals surface area (Å²) in [6, 6.07) is 1.81. The minimum absolute atomic E-state index is 0.120. The Bertz CT molecular complexity index is 354. The molecule has 0 saturated carbocycles. The molecule has 1 amide bonds. The minimum atomic E-state index is 0.120. The average molecular weight is 238 g/mol. The Morgan fingerprint density at radius 2 is 1.81 bits per heavy atom. The summed E-state index contributed by atoms with van der Waals surface area (Å²) in [6.45, 7) is 1.77. The van der Waals surface area contributed by atoms with Gasteiger partial charge in [0.05, 0.1) is 5.69 Å². The summed E-state index contributed by atoms with van der Waals surface area (Å²) in [7, 11) is 0. The Labute approximate surface area is 100 Å². The van der Waals surface area contributed by atoms with E-state index in [1.165, 1.54) is 30.6 Å². The fraction of sp³-hybridized carbons (Fsp3) is 0.583. The third kappa shape index (κ3) is 2.55. The highest BCUT2D eigenvalue weighted by Gasteiger charge is 2.19. The van der Waals surface area contributed by atoms with Crippen LogP contribution in [0, 0.1) is 0 Å². The van der Waals surface area contributed by atoms with Crippen LogP contribution in [0.1, 0.15) is 41.8 Å². The number of nitrogen functional groups attached to an aromatic ring is 1. The molecule has 1 fully saturated rings. The molecule has 88 valence electrons. The lowest BCUT2D eigenvalue weighted by Gasteiger charge is -2.24. The summed E-state index contributed by atoms with van der Waals surface area (Å²) in [4.78, 5) is 14.9. The topological polar surface area (TPSA) is 46.3 Å². The van der Waals surface area contributed by atoms with Crippen LogP contribution >= 0.6 is 11.3 Å². The van der Waals surface area contributed by atoms with Gasteiger partial charge in [0.15, 0.2) is 0 Å². The van der Waals surface area contributed by atoms with Gasteiger partial charge in [-0.1, -0.05) is 19.3 Å². The minimum Gasteiger partial charge on any atom is -0.397 e. The van der Waals surface area contributed by atoms with Crippen molar-refractivity contribution in [2.45, 2.75) is 32.1 Å². The Kier molecular flexibility index (Phi) is 3.83. The highest BCUT2D eigenvalue weighted by molar-refractivity contribution is 7.12. The molecule has 0 atom stereocenters. The number of nitrogens with two attached hydrogens (primary N) is 1. The fourth-order valence-corrected chi connectivity index (χ4v) is 2.87. The molecule has 1 saturated heterocycles. The largest absolute Gasteiger partial charge is 0.397 e. The van der Waals surface area contributed by atoms with Crippen molar-refractivity contribution in [1.29, 1.82) is 0 Å². The van der Waals surface area contributed by atoms with E-state index in [2.05, 4.69) is 0 Å². The highest BCUT2D eigenvalue weighted by Crippen LogP contribution is 2.22. The van der Waals surface area contributed by atoms with Crippen molar-refractivity contribution in [2.24, 2.45) is 0 Å². The SMILES string of the molecule is Nc1ccsc1C(=O)N1CCCCCCC1. The van der Waals surface area contributed by atoms with Gasteiger partial charge in [0.25, 0.3) is 5.91 Å². The van der Waals surface area contributed by atoms with Crippen LogP contribution in [0.25, 0.3) is 0 Å².